The van der Waals surface area contributed by atoms with Gasteiger partial charge in [0.05, 0.1) is 17.3 Å². The van der Waals surface area contributed by atoms with Gasteiger partial charge in [-0.15, -0.1) is 0 Å². The van der Waals surface area contributed by atoms with Crippen LogP contribution in [0.3, 0.4) is 0 Å². The van der Waals surface area contributed by atoms with E-state index in [-0.39, 0.29) is 5.57 Å². The highest BCUT2D eigenvalue weighted by molar-refractivity contribution is 6.39. The van der Waals surface area contributed by atoms with Crippen LogP contribution in [0.4, 0.5) is 10.5 Å². The maximum atomic E-state index is 12.9. The van der Waals surface area contributed by atoms with E-state index < -0.39 is 17.8 Å². The summed E-state index contributed by atoms with van der Waals surface area (Å²) in [6.07, 6.45) is 1.40. The van der Waals surface area contributed by atoms with Crippen molar-refractivity contribution in [3.8, 4) is 5.75 Å². The Morgan fingerprint density at radius 2 is 1.89 bits per heavy atom. The van der Waals surface area contributed by atoms with Gasteiger partial charge in [-0.1, -0.05) is 35.9 Å². The number of imide groups is 2. The number of urea groups is 1. The Bertz CT molecular complexity index is 968. The number of carbonyl (C=O) groups is 3. The molecule has 6 nitrogen and oxygen atoms in total. The number of amides is 4. The second-order valence-corrected chi connectivity index (χ2v) is 6.27. The number of nitrogens with zero attached hydrogens (tertiary/aromatic N) is 1. The zero-order chi connectivity index (χ0) is 19.6. The van der Waals surface area contributed by atoms with Crippen molar-refractivity contribution in [2.24, 2.45) is 0 Å². The van der Waals surface area contributed by atoms with Gasteiger partial charge in [0.2, 0.25) is 0 Å². The molecule has 0 aromatic heterocycles. The van der Waals surface area contributed by atoms with Crippen molar-refractivity contribution in [3.05, 3.63) is 64.2 Å². The van der Waals surface area contributed by atoms with E-state index in [1.54, 1.807) is 49.4 Å². The molecule has 0 spiro atoms. The average Bonchev–Trinajstić information content (AvgIpc) is 2.62. The van der Waals surface area contributed by atoms with E-state index in [9.17, 15) is 14.4 Å². The molecule has 0 atom stereocenters. The number of nitrogens with one attached hydrogen (secondary N) is 1. The number of hydrogen-bond acceptors (Lipinski definition) is 4. The van der Waals surface area contributed by atoms with Crippen LogP contribution in [0.15, 0.2) is 48.0 Å². The maximum absolute atomic E-state index is 12.9. The van der Waals surface area contributed by atoms with E-state index in [0.717, 1.165) is 10.5 Å². The zero-order valence-corrected chi connectivity index (χ0v) is 15.5. The number of carbonyl (C=O) groups excluding carboxylic acids is 3. The van der Waals surface area contributed by atoms with Crippen LogP contribution in [0.25, 0.3) is 6.08 Å². The van der Waals surface area contributed by atoms with Crippen LogP contribution in [-0.2, 0) is 9.59 Å². The Hall–Kier alpha value is -3.12. The normalized spacial score (nSPS) is 15.9. The third-order valence-corrected chi connectivity index (χ3v) is 4.32. The molecule has 1 aliphatic rings. The first-order chi connectivity index (χ1) is 12.9. The number of hydrogen-bond donors (Lipinski definition) is 1. The lowest BCUT2D eigenvalue weighted by Crippen LogP contribution is -2.54. The number of benzene rings is 2. The van der Waals surface area contributed by atoms with Crippen molar-refractivity contribution < 1.29 is 19.1 Å². The number of aryl methyl sites for hydroxylation is 1. The molecular weight excluding hydrogens is 368 g/mol. The molecule has 4 amide bonds. The number of anilines is 1. The van der Waals surface area contributed by atoms with Crippen LogP contribution in [0.2, 0.25) is 5.02 Å². The number of para-hydroxylation sites is 1. The molecule has 1 saturated heterocycles. The highest BCUT2D eigenvalue weighted by Gasteiger charge is 2.37. The molecule has 0 unspecified atom stereocenters. The molecule has 3 rings (SSSR count). The fourth-order valence-electron chi connectivity index (χ4n) is 2.74. The van der Waals surface area contributed by atoms with Gasteiger partial charge in [-0.2, -0.15) is 0 Å². The third-order valence-electron chi connectivity index (χ3n) is 4.02. The van der Waals surface area contributed by atoms with Gasteiger partial charge in [-0.05, 0) is 49.2 Å². The third kappa shape index (κ3) is 3.71. The standard InChI is InChI=1S/C20H17ClN2O4/c1-3-27-17-9-8-13(11-15(17)21)10-14-18(24)22-20(26)23(19(14)25)16-7-5-4-6-12(16)2/h4-11H,3H2,1-2H3,(H,22,24,26)/b14-10+. The topological polar surface area (TPSA) is 75.7 Å². The predicted molar refractivity (Wildman–Crippen MR) is 103 cm³/mol. The second-order valence-electron chi connectivity index (χ2n) is 5.87. The Balaban J connectivity index is 2.00. The van der Waals surface area contributed by atoms with Gasteiger partial charge in [0.25, 0.3) is 11.8 Å². The van der Waals surface area contributed by atoms with Crippen LogP contribution in [0.5, 0.6) is 5.75 Å². The minimum atomic E-state index is -0.777. The SMILES string of the molecule is CCOc1ccc(/C=C2\C(=O)NC(=O)N(c3ccccc3C)C2=O)cc1Cl. The van der Waals surface area contributed by atoms with E-state index in [0.29, 0.717) is 28.6 Å². The zero-order valence-electron chi connectivity index (χ0n) is 14.8. The van der Waals surface area contributed by atoms with Gasteiger partial charge in [0.15, 0.2) is 0 Å². The van der Waals surface area contributed by atoms with Crippen LogP contribution >= 0.6 is 11.6 Å². The molecule has 0 aliphatic carbocycles. The highest BCUT2D eigenvalue weighted by atomic mass is 35.5. The number of ether oxygens (including phenoxy) is 1. The minimum Gasteiger partial charge on any atom is -0.492 e. The summed E-state index contributed by atoms with van der Waals surface area (Å²) in [5, 5.41) is 2.57. The summed E-state index contributed by atoms with van der Waals surface area (Å²) in [7, 11) is 0. The molecule has 2 aromatic rings. The van der Waals surface area contributed by atoms with E-state index in [4.69, 9.17) is 16.3 Å². The molecule has 1 aliphatic heterocycles. The molecule has 0 saturated carbocycles. The summed E-state index contributed by atoms with van der Waals surface area (Å²) in [6, 6.07) is 11.1. The minimum absolute atomic E-state index is 0.155. The number of rotatable bonds is 4. The Morgan fingerprint density at radius 1 is 1.15 bits per heavy atom. The summed E-state index contributed by atoms with van der Waals surface area (Å²) in [4.78, 5) is 38.3. The molecule has 138 valence electrons. The Labute approximate surface area is 161 Å². The predicted octanol–water partition coefficient (Wildman–Crippen LogP) is 3.71. The monoisotopic (exact) mass is 384 g/mol. The highest BCUT2D eigenvalue weighted by Crippen LogP contribution is 2.28. The molecule has 27 heavy (non-hydrogen) atoms. The lowest BCUT2D eigenvalue weighted by Gasteiger charge is -2.27. The molecule has 1 heterocycles. The maximum Gasteiger partial charge on any atom is 0.335 e. The van der Waals surface area contributed by atoms with Crippen LogP contribution in [0, 0.1) is 6.92 Å². The molecule has 2 aromatic carbocycles. The molecular formula is C20H17ClN2O4. The first-order valence-electron chi connectivity index (χ1n) is 8.31. The molecule has 1 N–H and O–H groups in total. The average molecular weight is 385 g/mol. The van der Waals surface area contributed by atoms with E-state index in [2.05, 4.69) is 5.32 Å². The largest absolute Gasteiger partial charge is 0.492 e. The summed E-state index contributed by atoms with van der Waals surface area (Å²) in [6.45, 7) is 4.09. The van der Waals surface area contributed by atoms with Gasteiger partial charge in [0.1, 0.15) is 11.3 Å². The Morgan fingerprint density at radius 3 is 2.56 bits per heavy atom. The van der Waals surface area contributed by atoms with Crippen molar-refractivity contribution in [1.29, 1.82) is 0 Å². The smallest absolute Gasteiger partial charge is 0.335 e. The summed E-state index contributed by atoms with van der Waals surface area (Å²) in [5.74, 6) is -0.930. The lowest BCUT2D eigenvalue weighted by atomic mass is 10.1. The van der Waals surface area contributed by atoms with Crippen LogP contribution in [0.1, 0.15) is 18.1 Å². The van der Waals surface area contributed by atoms with Crippen molar-refractivity contribution in [3.63, 3.8) is 0 Å². The first kappa shape index (κ1) is 18.7. The van der Waals surface area contributed by atoms with Gasteiger partial charge in [-0.3, -0.25) is 14.9 Å². The summed E-state index contributed by atoms with van der Waals surface area (Å²) < 4.78 is 5.37. The molecule has 1 fully saturated rings. The molecule has 0 radical (unpaired) electrons. The molecule has 7 heteroatoms. The Kier molecular flexibility index (Phi) is 5.28. The van der Waals surface area contributed by atoms with Crippen molar-refractivity contribution >= 4 is 41.2 Å². The van der Waals surface area contributed by atoms with Crippen molar-refractivity contribution in [1.82, 2.24) is 5.32 Å². The first-order valence-corrected chi connectivity index (χ1v) is 8.69. The summed E-state index contributed by atoms with van der Waals surface area (Å²) in [5.41, 5.74) is 1.54. The van der Waals surface area contributed by atoms with Crippen LogP contribution in [-0.4, -0.2) is 24.5 Å². The number of barbiturate groups is 1. The van der Waals surface area contributed by atoms with E-state index in [1.807, 2.05) is 6.92 Å². The quantitative estimate of drug-likeness (QED) is 0.644. The van der Waals surface area contributed by atoms with Gasteiger partial charge in [0, 0.05) is 0 Å². The van der Waals surface area contributed by atoms with Gasteiger partial charge < -0.3 is 4.74 Å². The van der Waals surface area contributed by atoms with Crippen molar-refractivity contribution in [2.75, 3.05) is 11.5 Å². The lowest BCUT2D eigenvalue weighted by molar-refractivity contribution is -0.122. The van der Waals surface area contributed by atoms with Gasteiger partial charge >= 0.3 is 6.03 Å². The second kappa shape index (κ2) is 7.63. The number of halogens is 1. The fourth-order valence-corrected chi connectivity index (χ4v) is 2.98. The summed E-state index contributed by atoms with van der Waals surface area (Å²) >= 11 is 6.16. The van der Waals surface area contributed by atoms with E-state index >= 15 is 0 Å². The van der Waals surface area contributed by atoms with Crippen LogP contribution < -0.4 is 15.0 Å². The van der Waals surface area contributed by atoms with E-state index in [1.165, 1.54) is 6.08 Å². The van der Waals surface area contributed by atoms with Gasteiger partial charge in [-0.25, -0.2) is 9.69 Å². The molecule has 0 bridgehead atoms. The van der Waals surface area contributed by atoms with Crippen molar-refractivity contribution in [2.45, 2.75) is 13.8 Å². The fraction of sp³-hybridized carbons (Fsp3) is 0.150.